The standard InChI is InChI=1S/C12H12FN5OS/c13-9-3-1-2-4-10(9)14-11(19)7-20-12-15-16-17-18(12)8-5-6-8/h1-4,8H,5-7H2,(H,14,19). The predicted molar refractivity (Wildman–Crippen MR) is 71.8 cm³/mol. The molecule has 8 heteroatoms. The molecule has 104 valence electrons. The van der Waals surface area contributed by atoms with E-state index in [0.717, 1.165) is 12.8 Å². The molecule has 1 amide bonds. The van der Waals surface area contributed by atoms with Gasteiger partial charge in [0.25, 0.3) is 0 Å². The molecular formula is C12H12FN5OS. The van der Waals surface area contributed by atoms with Gasteiger partial charge in [0.05, 0.1) is 17.5 Å². The zero-order valence-corrected chi connectivity index (χ0v) is 11.3. The highest BCUT2D eigenvalue weighted by Gasteiger charge is 2.28. The fourth-order valence-electron chi connectivity index (χ4n) is 1.71. The minimum atomic E-state index is -0.450. The van der Waals surface area contributed by atoms with Crippen LogP contribution in [0.3, 0.4) is 0 Å². The van der Waals surface area contributed by atoms with Crippen molar-refractivity contribution >= 4 is 23.4 Å². The van der Waals surface area contributed by atoms with Gasteiger partial charge in [-0.25, -0.2) is 9.07 Å². The van der Waals surface area contributed by atoms with E-state index >= 15 is 0 Å². The van der Waals surface area contributed by atoms with Gasteiger partial charge in [-0.3, -0.25) is 4.79 Å². The van der Waals surface area contributed by atoms with Crippen molar-refractivity contribution in [1.29, 1.82) is 0 Å². The quantitative estimate of drug-likeness (QED) is 0.852. The maximum atomic E-state index is 13.4. The highest BCUT2D eigenvalue weighted by Crippen LogP contribution is 2.36. The Kier molecular flexibility index (Phi) is 3.64. The van der Waals surface area contributed by atoms with Gasteiger partial charge in [-0.15, -0.1) is 5.10 Å². The molecule has 20 heavy (non-hydrogen) atoms. The third-order valence-corrected chi connectivity index (χ3v) is 3.77. The van der Waals surface area contributed by atoms with Crippen LogP contribution in [-0.2, 0) is 4.79 Å². The Balaban J connectivity index is 1.57. The van der Waals surface area contributed by atoms with E-state index < -0.39 is 5.82 Å². The van der Waals surface area contributed by atoms with Gasteiger partial charge in [-0.2, -0.15) is 0 Å². The average Bonchev–Trinajstić information content (AvgIpc) is 3.18. The van der Waals surface area contributed by atoms with E-state index in [0.29, 0.717) is 11.2 Å². The summed E-state index contributed by atoms with van der Waals surface area (Å²) in [7, 11) is 0. The van der Waals surface area contributed by atoms with Crippen LogP contribution in [0.15, 0.2) is 29.4 Å². The number of aromatic nitrogens is 4. The fraction of sp³-hybridized carbons (Fsp3) is 0.333. The molecule has 0 bridgehead atoms. The monoisotopic (exact) mass is 293 g/mol. The van der Waals surface area contributed by atoms with Crippen LogP contribution in [0.5, 0.6) is 0 Å². The summed E-state index contributed by atoms with van der Waals surface area (Å²) < 4.78 is 15.1. The lowest BCUT2D eigenvalue weighted by atomic mass is 10.3. The maximum Gasteiger partial charge on any atom is 0.234 e. The Morgan fingerprint density at radius 2 is 2.25 bits per heavy atom. The van der Waals surface area contributed by atoms with E-state index in [-0.39, 0.29) is 17.3 Å². The predicted octanol–water partition coefficient (Wildman–Crippen LogP) is 1.88. The number of halogens is 1. The van der Waals surface area contributed by atoms with Crippen LogP contribution in [0.2, 0.25) is 0 Å². The van der Waals surface area contributed by atoms with E-state index in [1.165, 1.54) is 23.9 Å². The zero-order chi connectivity index (χ0) is 13.9. The van der Waals surface area contributed by atoms with Crippen LogP contribution in [-0.4, -0.2) is 31.9 Å². The third kappa shape index (κ3) is 2.96. The molecule has 3 rings (SSSR count). The molecule has 0 atom stereocenters. The summed E-state index contributed by atoms with van der Waals surface area (Å²) in [5.41, 5.74) is 0.180. The summed E-state index contributed by atoms with van der Waals surface area (Å²) in [6.07, 6.45) is 2.14. The lowest BCUT2D eigenvalue weighted by Gasteiger charge is -2.05. The van der Waals surface area contributed by atoms with Crippen LogP contribution in [0.4, 0.5) is 10.1 Å². The molecule has 1 aromatic carbocycles. The number of carbonyl (C=O) groups excluding carboxylic acids is 1. The van der Waals surface area contributed by atoms with Crippen LogP contribution in [0.1, 0.15) is 18.9 Å². The number of benzene rings is 1. The molecule has 1 saturated carbocycles. The summed E-state index contributed by atoms with van der Waals surface area (Å²) in [4.78, 5) is 11.8. The van der Waals surface area contributed by atoms with Gasteiger partial charge in [0, 0.05) is 0 Å². The highest BCUT2D eigenvalue weighted by molar-refractivity contribution is 7.99. The number of rotatable bonds is 5. The molecular weight excluding hydrogens is 281 g/mol. The van der Waals surface area contributed by atoms with Crippen molar-refractivity contribution in [3.8, 4) is 0 Å². The first-order valence-corrected chi connectivity index (χ1v) is 7.17. The average molecular weight is 293 g/mol. The Hall–Kier alpha value is -1.96. The second-order valence-electron chi connectivity index (χ2n) is 4.45. The molecule has 1 aliphatic carbocycles. The molecule has 0 spiro atoms. The van der Waals surface area contributed by atoms with Gasteiger partial charge >= 0.3 is 0 Å². The zero-order valence-electron chi connectivity index (χ0n) is 10.5. The van der Waals surface area contributed by atoms with Crippen LogP contribution < -0.4 is 5.32 Å². The molecule has 0 aliphatic heterocycles. The number of hydrogen-bond acceptors (Lipinski definition) is 5. The molecule has 1 N–H and O–H groups in total. The molecule has 6 nitrogen and oxygen atoms in total. The van der Waals surface area contributed by atoms with E-state index in [9.17, 15) is 9.18 Å². The molecule has 0 radical (unpaired) electrons. The molecule has 1 aromatic heterocycles. The van der Waals surface area contributed by atoms with Gasteiger partial charge in [-0.05, 0) is 35.4 Å². The van der Waals surface area contributed by atoms with E-state index in [1.807, 2.05) is 0 Å². The first kappa shape index (κ1) is 13.0. The number of nitrogens with zero attached hydrogens (tertiary/aromatic N) is 4. The first-order chi connectivity index (χ1) is 9.74. The van der Waals surface area contributed by atoms with E-state index in [4.69, 9.17) is 0 Å². The highest BCUT2D eigenvalue weighted by atomic mass is 32.2. The first-order valence-electron chi connectivity index (χ1n) is 6.19. The van der Waals surface area contributed by atoms with Crippen LogP contribution >= 0.6 is 11.8 Å². The van der Waals surface area contributed by atoms with Crippen LogP contribution in [0, 0.1) is 5.82 Å². The number of thioether (sulfide) groups is 1. The molecule has 0 unspecified atom stereocenters. The second-order valence-corrected chi connectivity index (χ2v) is 5.40. The summed E-state index contributed by atoms with van der Waals surface area (Å²) in [6.45, 7) is 0. The maximum absolute atomic E-state index is 13.4. The van der Waals surface area contributed by atoms with Crippen molar-refractivity contribution in [2.24, 2.45) is 0 Å². The van der Waals surface area contributed by atoms with Crippen molar-refractivity contribution in [3.63, 3.8) is 0 Å². The minimum Gasteiger partial charge on any atom is -0.323 e. The number of nitrogens with one attached hydrogen (secondary N) is 1. The molecule has 1 aliphatic rings. The number of amides is 1. The SMILES string of the molecule is O=C(CSc1nnnn1C1CC1)Nc1ccccc1F. The Bertz CT molecular complexity index is 628. The second kappa shape index (κ2) is 5.58. The smallest absolute Gasteiger partial charge is 0.234 e. The molecule has 2 aromatic rings. The Morgan fingerprint density at radius 1 is 1.45 bits per heavy atom. The summed E-state index contributed by atoms with van der Waals surface area (Å²) in [5, 5.41) is 14.5. The van der Waals surface area contributed by atoms with Crippen molar-refractivity contribution in [3.05, 3.63) is 30.1 Å². The Morgan fingerprint density at radius 3 is 3.00 bits per heavy atom. The largest absolute Gasteiger partial charge is 0.323 e. The van der Waals surface area contributed by atoms with Crippen molar-refractivity contribution in [2.75, 3.05) is 11.1 Å². The van der Waals surface area contributed by atoms with Gasteiger partial charge < -0.3 is 5.32 Å². The number of anilines is 1. The fourth-order valence-corrected chi connectivity index (χ4v) is 2.45. The van der Waals surface area contributed by atoms with Crippen molar-refractivity contribution in [1.82, 2.24) is 20.2 Å². The number of para-hydroxylation sites is 1. The normalized spacial score (nSPS) is 14.2. The van der Waals surface area contributed by atoms with E-state index in [2.05, 4.69) is 20.8 Å². The van der Waals surface area contributed by atoms with Gasteiger partial charge in [-0.1, -0.05) is 23.9 Å². The van der Waals surface area contributed by atoms with Crippen molar-refractivity contribution < 1.29 is 9.18 Å². The topological polar surface area (TPSA) is 72.7 Å². The van der Waals surface area contributed by atoms with Gasteiger partial charge in [0.15, 0.2) is 0 Å². The number of tetrazole rings is 1. The molecule has 1 heterocycles. The van der Waals surface area contributed by atoms with E-state index in [1.54, 1.807) is 16.8 Å². The summed E-state index contributed by atoms with van der Waals surface area (Å²) in [5.74, 6) is -0.597. The molecule has 0 saturated heterocycles. The third-order valence-electron chi connectivity index (χ3n) is 2.84. The van der Waals surface area contributed by atoms with Crippen molar-refractivity contribution in [2.45, 2.75) is 24.0 Å². The lowest BCUT2D eigenvalue weighted by molar-refractivity contribution is -0.113. The number of hydrogen-bond donors (Lipinski definition) is 1. The lowest BCUT2D eigenvalue weighted by Crippen LogP contribution is -2.15. The molecule has 1 fully saturated rings. The Labute approximate surface area is 118 Å². The number of carbonyl (C=O) groups is 1. The minimum absolute atomic E-state index is 0.140. The summed E-state index contributed by atoms with van der Waals surface area (Å²) >= 11 is 1.25. The van der Waals surface area contributed by atoms with Crippen LogP contribution in [0.25, 0.3) is 0 Å². The summed E-state index contributed by atoms with van der Waals surface area (Å²) in [6, 6.07) is 6.42. The van der Waals surface area contributed by atoms with Gasteiger partial charge in [0.2, 0.25) is 11.1 Å². The van der Waals surface area contributed by atoms with Gasteiger partial charge in [0.1, 0.15) is 5.82 Å².